The fourth-order valence-corrected chi connectivity index (χ4v) is 2.25. The first-order chi connectivity index (χ1) is 8.78. The largest absolute Gasteiger partial charge is 0.472 e. The van der Waals surface area contributed by atoms with Gasteiger partial charge >= 0.3 is 0 Å². The second-order valence-electron chi connectivity index (χ2n) is 4.85. The third-order valence-electron chi connectivity index (χ3n) is 3.33. The fraction of sp³-hybridized carbons (Fsp3) is 0.375. The highest BCUT2D eigenvalue weighted by Gasteiger charge is 2.08. The molecule has 1 aromatic heterocycles. The minimum atomic E-state index is 0.503. The summed E-state index contributed by atoms with van der Waals surface area (Å²) in [5.74, 6) is 0. The summed E-state index contributed by atoms with van der Waals surface area (Å²) in [6.45, 7) is 2.14. The molecule has 0 spiro atoms. The van der Waals surface area contributed by atoms with E-state index >= 15 is 0 Å². The van der Waals surface area contributed by atoms with Gasteiger partial charge in [-0.3, -0.25) is 0 Å². The summed E-state index contributed by atoms with van der Waals surface area (Å²) in [5, 5.41) is 3.38. The number of benzene rings is 1. The minimum absolute atomic E-state index is 0.503. The zero-order chi connectivity index (χ0) is 12.8. The van der Waals surface area contributed by atoms with Crippen LogP contribution in [0.5, 0.6) is 0 Å². The molecule has 0 saturated carbocycles. The van der Waals surface area contributed by atoms with Crippen molar-refractivity contribution in [2.24, 2.45) is 0 Å². The predicted molar refractivity (Wildman–Crippen MR) is 74.8 cm³/mol. The normalized spacial score (nSPS) is 12.6. The van der Waals surface area contributed by atoms with Crippen LogP contribution in [-0.2, 0) is 12.8 Å². The van der Waals surface area contributed by atoms with E-state index in [0.717, 1.165) is 19.3 Å². The van der Waals surface area contributed by atoms with Gasteiger partial charge in [-0.15, -0.1) is 0 Å². The van der Waals surface area contributed by atoms with E-state index in [-0.39, 0.29) is 0 Å². The van der Waals surface area contributed by atoms with E-state index in [0.29, 0.717) is 6.04 Å². The number of hydrogen-bond acceptors (Lipinski definition) is 2. The maximum absolute atomic E-state index is 5.11. The van der Waals surface area contributed by atoms with Gasteiger partial charge in [-0.05, 0) is 50.4 Å². The predicted octanol–water partition coefficient (Wildman–Crippen LogP) is 3.35. The number of furan rings is 1. The van der Waals surface area contributed by atoms with Crippen LogP contribution in [0.3, 0.4) is 0 Å². The lowest BCUT2D eigenvalue weighted by Gasteiger charge is -2.15. The van der Waals surface area contributed by atoms with Gasteiger partial charge in [-0.25, -0.2) is 0 Å². The van der Waals surface area contributed by atoms with Gasteiger partial charge in [0.25, 0.3) is 0 Å². The van der Waals surface area contributed by atoms with Crippen LogP contribution >= 0.6 is 0 Å². The van der Waals surface area contributed by atoms with E-state index in [1.807, 2.05) is 19.4 Å². The molecule has 0 fully saturated rings. The van der Waals surface area contributed by atoms with Crippen LogP contribution in [0.2, 0.25) is 0 Å². The van der Waals surface area contributed by atoms with Crippen molar-refractivity contribution in [1.29, 1.82) is 0 Å². The van der Waals surface area contributed by atoms with Crippen LogP contribution in [0.4, 0.5) is 0 Å². The van der Waals surface area contributed by atoms with E-state index < -0.39 is 0 Å². The molecule has 1 aromatic carbocycles. The first-order valence-corrected chi connectivity index (χ1v) is 6.52. The average Bonchev–Trinajstić information content (AvgIpc) is 2.87. The molecule has 2 heteroatoms. The molecule has 1 atom stereocenters. The van der Waals surface area contributed by atoms with Gasteiger partial charge in [0.05, 0.1) is 12.5 Å². The Morgan fingerprint density at radius 2 is 2.11 bits per heavy atom. The Morgan fingerprint density at radius 1 is 1.22 bits per heavy atom. The average molecular weight is 243 g/mol. The third kappa shape index (κ3) is 3.74. The van der Waals surface area contributed by atoms with Crippen LogP contribution in [-0.4, -0.2) is 13.1 Å². The molecule has 96 valence electrons. The Balaban J connectivity index is 1.87. The first kappa shape index (κ1) is 12.9. The Morgan fingerprint density at radius 3 is 2.78 bits per heavy atom. The standard InChI is InChI=1S/C16H21NO/c1-13-4-3-5-14(10-13)6-7-16(17-2)11-15-8-9-18-12-15/h3-5,8-10,12,16-17H,6-7,11H2,1-2H3. The van der Waals surface area contributed by atoms with E-state index in [1.165, 1.54) is 16.7 Å². The van der Waals surface area contributed by atoms with Crippen LogP contribution in [0.25, 0.3) is 0 Å². The Hall–Kier alpha value is -1.54. The monoisotopic (exact) mass is 243 g/mol. The SMILES string of the molecule is CNC(CCc1cccc(C)c1)Cc1ccoc1. The lowest BCUT2D eigenvalue weighted by Crippen LogP contribution is -2.28. The molecule has 0 aliphatic rings. The lowest BCUT2D eigenvalue weighted by atomic mass is 10.00. The third-order valence-corrected chi connectivity index (χ3v) is 3.33. The molecule has 2 rings (SSSR count). The van der Waals surface area contributed by atoms with Crippen molar-refractivity contribution in [2.75, 3.05) is 7.05 Å². The molecule has 0 amide bonds. The molecular weight excluding hydrogens is 222 g/mol. The molecule has 0 radical (unpaired) electrons. The molecule has 0 aliphatic carbocycles. The van der Waals surface area contributed by atoms with Crippen LogP contribution in [0, 0.1) is 6.92 Å². The van der Waals surface area contributed by atoms with Crippen molar-refractivity contribution >= 4 is 0 Å². The fourth-order valence-electron chi connectivity index (χ4n) is 2.25. The summed E-state index contributed by atoms with van der Waals surface area (Å²) >= 11 is 0. The van der Waals surface area contributed by atoms with Gasteiger partial charge in [0, 0.05) is 6.04 Å². The highest BCUT2D eigenvalue weighted by Crippen LogP contribution is 2.11. The lowest BCUT2D eigenvalue weighted by molar-refractivity contribution is 0.512. The molecule has 2 nitrogen and oxygen atoms in total. The van der Waals surface area contributed by atoms with E-state index in [2.05, 4.69) is 36.5 Å². The summed E-state index contributed by atoms with van der Waals surface area (Å²) in [7, 11) is 2.03. The van der Waals surface area contributed by atoms with E-state index in [9.17, 15) is 0 Å². The Bertz CT molecular complexity index is 462. The molecule has 1 N–H and O–H groups in total. The maximum atomic E-state index is 5.11. The first-order valence-electron chi connectivity index (χ1n) is 6.52. The zero-order valence-electron chi connectivity index (χ0n) is 11.1. The summed E-state index contributed by atoms with van der Waals surface area (Å²) in [6, 6.07) is 11.3. The van der Waals surface area contributed by atoms with Crippen molar-refractivity contribution < 1.29 is 4.42 Å². The van der Waals surface area contributed by atoms with E-state index in [4.69, 9.17) is 4.42 Å². The minimum Gasteiger partial charge on any atom is -0.472 e. The quantitative estimate of drug-likeness (QED) is 0.841. The summed E-state index contributed by atoms with van der Waals surface area (Å²) in [6.07, 6.45) is 6.86. The number of nitrogens with one attached hydrogen (secondary N) is 1. The highest BCUT2D eigenvalue weighted by molar-refractivity contribution is 5.22. The van der Waals surface area contributed by atoms with Crippen LogP contribution in [0.1, 0.15) is 23.1 Å². The second-order valence-corrected chi connectivity index (χ2v) is 4.85. The summed E-state index contributed by atoms with van der Waals surface area (Å²) in [4.78, 5) is 0. The summed E-state index contributed by atoms with van der Waals surface area (Å²) in [5.41, 5.74) is 4.02. The highest BCUT2D eigenvalue weighted by atomic mass is 16.3. The molecular formula is C16H21NO. The van der Waals surface area contributed by atoms with Gasteiger partial charge in [0.15, 0.2) is 0 Å². The van der Waals surface area contributed by atoms with Gasteiger partial charge in [0.1, 0.15) is 0 Å². The van der Waals surface area contributed by atoms with Crippen molar-refractivity contribution in [1.82, 2.24) is 5.32 Å². The Kier molecular flexibility index (Phi) is 4.59. The smallest absolute Gasteiger partial charge is 0.0935 e. The van der Waals surface area contributed by atoms with E-state index in [1.54, 1.807) is 6.26 Å². The van der Waals surface area contributed by atoms with Crippen LogP contribution in [0.15, 0.2) is 47.3 Å². The molecule has 0 aliphatic heterocycles. The maximum Gasteiger partial charge on any atom is 0.0935 e. The number of rotatable bonds is 6. The number of hydrogen-bond donors (Lipinski definition) is 1. The molecule has 0 bridgehead atoms. The molecule has 18 heavy (non-hydrogen) atoms. The molecule has 1 unspecified atom stereocenters. The second kappa shape index (κ2) is 6.41. The molecule has 0 saturated heterocycles. The van der Waals surface area contributed by atoms with Crippen molar-refractivity contribution in [2.45, 2.75) is 32.2 Å². The van der Waals surface area contributed by atoms with Crippen molar-refractivity contribution in [3.8, 4) is 0 Å². The number of aryl methyl sites for hydroxylation is 2. The Labute approximate surface area is 109 Å². The zero-order valence-corrected chi connectivity index (χ0v) is 11.1. The van der Waals surface area contributed by atoms with Gasteiger partial charge in [0.2, 0.25) is 0 Å². The van der Waals surface area contributed by atoms with Crippen molar-refractivity contribution in [3.63, 3.8) is 0 Å². The topological polar surface area (TPSA) is 25.2 Å². The van der Waals surface area contributed by atoms with Gasteiger partial charge < -0.3 is 9.73 Å². The summed E-state index contributed by atoms with van der Waals surface area (Å²) < 4.78 is 5.11. The van der Waals surface area contributed by atoms with Crippen molar-refractivity contribution in [3.05, 3.63) is 59.5 Å². The van der Waals surface area contributed by atoms with Gasteiger partial charge in [-0.1, -0.05) is 29.8 Å². The van der Waals surface area contributed by atoms with Gasteiger partial charge in [-0.2, -0.15) is 0 Å². The molecule has 2 aromatic rings. The van der Waals surface area contributed by atoms with Crippen LogP contribution < -0.4 is 5.32 Å². The molecule has 1 heterocycles. The number of likely N-dealkylation sites (N-methyl/N-ethyl adjacent to an activating group) is 1.